The van der Waals surface area contributed by atoms with Crippen molar-refractivity contribution in [1.29, 1.82) is 0 Å². The van der Waals surface area contributed by atoms with Gasteiger partial charge in [-0.2, -0.15) is 0 Å². The molecule has 1 heterocycles. The molecule has 1 rings (SSSR count). The van der Waals surface area contributed by atoms with Crippen molar-refractivity contribution in [3.63, 3.8) is 0 Å². The molecule has 0 aromatic rings. The van der Waals surface area contributed by atoms with Gasteiger partial charge in [0.25, 0.3) is 0 Å². The van der Waals surface area contributed by atoms with Gasteiger partial charge >= 0.3 is 0 Å². The minimum absolute atomic E-state index is 0.384. The standard InChI is InChI=1S/C14H22N2/c1-3-5-7-9-13-14(10-8-6-4-2)16-12-11-15-13/h3-4,7-10,13-16H,1-2,5-6,11-12H2/b9-7+,10-8+/t13-,14-/m1/s1. The maximum Gasteiger partial charge on any atom is 0.0442 e. The molecule has 1 aliphatic rings. The smallest absolute Gasteiger partial charge is 0.0442 e. The van der Waals surface area contributed by atoms with Gasteiger partial charge in [0.15, 0.2) is 0 Å². The number of allylic oxidation sites excluding steroid dienone is 4. The summed E-state index contributed by atoms with van der Waals surface area (Å²) in [6, 6.07) is 0.768. The average Bonchev–Trinajstić information content (AvgIpc) is 2.32. The molecule has 0 aliphatic carbocycles. The Kier molecular flexibility index (Phi) is 6.54. The van der Waals surface area contributed by atoms with Crippen LogP contribution < -0.4 is 10.6 Å². The summed E-state index contributed by atoms with van der Waals surface area (Å²) in [6.45, 7) is 9.47. The Bertz CT molecular complexity index is 238. The van der Waals surface area contributed by atoms with E-state index in [1.54, 1.807) is 0 Å². The summed E-state index contributed by atoms with van der Waals surface area (Å²) in [5.74, 6) is 0. The molecule has 16 heavy (non-hydrogen) atoms. The molecule has 2 heteroatoms. The van der Waals surface area contributed by atoms with Crippen LogP contribution in [-0.4, -0.2) is 25.2 Å². The second-order valence-electron chi connectivity index (χ2n) is 3.86. The van der Waals surface area contributed by atoms with E-state index < -0.39 is 0 Å². The Labute approximate surface area is 98.8 Å². The van der Waals surface area contributed by atoms with Crippen LogP contribution in [0.15, 0.2) is 49.6 Å². The molecule has 0 radical (unpaired) electrons. The summed E-state index contributed by atoms with van der Waals surface area (Å²) >= 11 is 0. The third kappa shape index (κ3) is 4.60. The molecule has 0 spiro atoms. The fraction of sp³-hybridized carbons (Fsp3) is 0.429. The number of nitrogens with one attached hydrogen (secondary N) is 2. The molecule has 0 saturated carbocycles. The first-order valence-electron chi connectivity index (χ1n) is 5.90. The molecule has 0 bridgehead atoms. The molecule has 1 aliphatic heterocycles. The van der Waals surface area contributed by atoms with Crippen molar-refractivity contribution < 1.29 is 0 Å². The van der Waals surface area contributed by atoms with Crippen LogP contribution in [0.5, 0.6) is 0 Å². The Morgan fingerprint density at radius 2 is 1.31 bits per heavy atom. The molecule has 0 aromatic carbocycles. The molecule has 2 nitrogen and oxygen atoms in total. The predicted octanol–water partition coefficient (Wildman–Crippen LogP) is 2.18. The summed E-state index contributed by atoms with van der Waals surface area (Å²) < 4.78 is 0. The van der Waals surface area contributed by atoms with Crippen LogP contribution in [0.2, 0.25) is 0 Å². The zero-order valence-corrected chi connectivity index (χ0v) is 9.86. The molecule has 2 N–H and O–H groups in total. The number of hydrogen-bond acceptors (Lipinski definition) is 2. The largest absolute Gasteiger partial charge is 0.308 e. The van der Waals surface area contributed by atoms with E-state index in [-0.39, 0.29) is 0 Å². The number of hydrogen-bond donors (Lipinski definition) is 2. The minimum atomic E-state index is 0.384. The van der Waals surface area contributed by atoms with Gasteiger partial charge in [-0.1, -0.05) is 36.5 Å². The van der Waals surface area contributed by atoms with Gasteiger partial charge in [0, 0.05) is 25.2 Å². The highest BCUT2D eigenvalue weighted by Gasteiger charge is 2.18. The van der Waals surface area contributed by atoms with Crippen LogP contribution >= 0.6 is 0 Å². The van der Waals surface area contributed by atoms with Crippen molar-refractivity contribution in [3.8, 4) is 0 Å². The van der Waals surface area contributed by atoms with Gasteiger partial charge in [-0.25, -0.2) is 0 Å². The normalized spacial score (nSPS) is 26.2. The van der Waals surface area contributed by atoms with Crippen molar-refractivity contribution in [2.24, 2.45) is 0 Å². The van der Waals surface area contributed by atoms with E-state index >= 15 is 0 Å². The molecule has 1 fully saturated rings. The highest BCUT2D eigenvalue weighted by atomic mass is 15.1. The molecule has 0 aromatic heterocycles. The van der Waals surface area contributed by atoms with Gasteiger partial charge in [-0.3, -0.25) is 0 Å². The van der Waals surface area contributed by atoms with Gasteiger partial charge in [0.05, 0.1) is 0 Å². The molecule has 1 saturated heterocycles. The average molecular weight is 218 g/mol. The minimum Gasteiger partial charge on any atom is -0.308 e. The van der Waals surface area contributed by atoms with Crippen LogP contribution in [0.1, 0.15) is 12.8 Å². The fourth-order valence-corrected chi connectivity index (χ4v) is 1.75. The maximum absolute atomic E-state index is 3.71. The zero-order chi connectivity index (χ0) is 11.6. The van der Waals surface area contributed by atoms with Crippen molar-refractivity contribution >= 4 is 0 Å². The molecule has 2 atom stereocenters. The fourth-order valence-electron chi connectivity index (χ4n) is 1.75. The first kappa shape index (κ1) is 12.9. The Balaban J connectivity index is 2.49. The molecule has 0 unspecified atom stereocenters. The van der Waals surface area contributed by atoms with Crippen molar-refractivity contribution in [1.82, 2.24) is 10.6 Å². The van der Waals surface area contributed by atoms with Crippen LogP contribution in [0.4, 0.5) is 0 Å². The third-order valence-corrected chi connectivity index (χ3v) is 2.56. The summed E-state index contributed by atoms with van der Waals surface area (Å²) in [7, 11) is 0. The Hall–Kier alpha value is -1.12. The predicted molar refractivity (Wildman–Crippen MR) is 71.5 cm³/mol. The monoisotopic (exact) mass is 218 g/mol. The first-order chi connectivity index (χ1) is 7.88. The van der Waals surface area contributed by atoms with E-state index in [2.05, 4.69) is 48.1 Å². The lowest BCUT2D eigenvalue weighted by Gasteiger charge is -2.29. The Morgan fingerprint density at radius 3 is 1.69 bits per heavy atom. The second-order valence-corrected chi connectivity index (χ2v) is 3.86. The SMILES string of the molecule is C=CC/C=C/[C@H]1NCCN[C@@H]1/C=C/CC=C. The van der Waals surface area contributed by atoms with Crippen LogP contribution in [0.3, 0.4) is 0 Å². The highest BCUT2D eigenvalue weighted by molar-refractivity contribution is 5.11. The zero-order valence-electron chi connectivity index (χ0n) is 9.86. The molecule has 0 amide bonds. The van der Waals surface area contributed by atoms with E-state index in [0.29, 0.717) is 12.1 Å². The number of rotatable bonds is 6. The third-order valence-electron chi connectivity index (χ3n) is 2.56. The van der Waals surface area contributed by atoms with Crippen LogP contribution in [0.25, 0.3) is 0 Å². The van der Waals surface area contributed by atoms with Gasteiger partial charge in [0.2, 0.25) is 0 Å². The quantitative estimate of drug-likeness (QED) is 0.668. The first-order valence-corrected chi connectivity index (χ1v) is 5.90. The summed E-state index contributed by atoms with van der Waals surface area (Å²) in [6.07, 6.45) is 14.4. The lowest BCUT2D eigenvalue weighted by Crippen LogP contribution is -2.54. The van der Waals surface area contributed by atoms with Gasteiger partial charge < -0.3 is 10.6 Å². The van der Waals surface area contributed by atoms with Crippen LogP contribution in [0, 0.1) is 0 Å². The van der Waals surface area contributed by atoms with Gasteiger partial charge in [-0.15, -0.1) is 13.2 Å². The highest BCUT2D eigenvalue weighted by Crippen LogP contribution is 2.04. The summed E-state index contributed by atoms with van der Waals surface area (Å²) in [4.78, 5) is 0. The lowest BCUT2D eigenvalue weighted by atomic mass is 10.0. The van der Waals surface area contributed by atoms with E-state index in [9.17, 15) is 0 Å². The van der Waals surface area contributed by atoms with E-state index in [1.807, 2.05) is 12.2 Å². The van der Waals surface area contributed by atoms with Crippen molar-refractivity contribution in [3.05, 3.63) is 49.6 Å². The summed E-state index contributed by atoms with van der Waals surface area (Å²) in [5, 5.41) is 6.99. The van der Waals surface area contributed by atoms with E-state index in [1.165, 1.54) is 0 Å². The van der Waals surface area contributed by atoms with E-state index in [4.69, 9.17) is 0 Å². The van der Waals surface area contributed by atoms with E-state index in [0.717, 1.165) is 25.9 Å². The van der Waals surface area contributed by atoms with Gasteiger partial charge in [-0.05, 0) is 12.8 Å². The van der Waals surface area contributed by atoms with Crippen molar-refractivity contribution in [2.75, 3.05) is 13.1 Å². The van der Waals surface area contributed by atoms with Crippen LogP contribution in [-0.2, 0) is 0 Å². The second kappa shape index (κ2) is 8.08. The Morgan fingerprint density at radius 1 is 0.875 bits per heavy atom. The summed E-state index contributed by atoms with van der Waals surface area (Å²) in [5.41, 5.74) is 0. The maximum atomic E-state index is 3.71. The molecular formula is C14H22N2. The topological polar surface area (TPSA) is 24.1 Å². The number of piperazine rings is 1. The van der Waals surface area contributed by atoms with Crippen molar-refractivity contribution in [2.45, 2.75) is 24.9 Å². The lowest BCUT2D eigenvalue weighted by molar-refractivity contribution is 0.409. The van der Waals surface area contributed by atoms with Gasteiger partial charge in [0.1, 0.15) is 0 Å². The molecular weight excluding hydrogens is 196 g/mol. The molecule has 88 valence electrons.